The third kappa shape index (κ3) is 3.66. The molecular weight excluding hydrogens is 267 g/mol. The lowest BCUT2D eigenvalue weighted by atomic mass is 10.1. The lowest BCUT2D eigenvalue weighted by Gasteiger charge is -2.23. The number of esters is 1. The summed E-state index contributed by atoms with van der Waals surface area (Å²) in [5.41, 5.74) is 0.156. The van der Waals surface area contributed by atoms with Gasteiger partial charge in [0, 0.05) is 6.54 Å². The molecule has 110 valence electrons. The minimum absolute atomic E-state index is 0.115. The summed E-state index contributed by atoms with van der Waals surface area (Å²) in [6, 6.07) is 2.26. The number of methoxy groups -OCH3 is 1. The molecule has 1 rings (SSSR count). The van der Waals surface area contributed by atoms with Gasteiger partial charge in [0.05, 0.1) is 18.1 Å². The quantitative estimate of drug-likeness (QED) is 0.455. The van der Waals surface area contributed by atoms with Crippen molar-refractivity contribution in [3.8, 4) is 0 Å². The molecule has 1 aromatic rings. The Kier molecular flexibility index (Phi) is 5.42. The fraction of sp³-hybridized carbons (Fsp3) is 0.462. The van der Waals surface area contributed by atoms with Gasteiger partial charge in [0.15, 0.2) is 0 Å². The Morgan fingerprint density at radius 1 is 1.50 bits per heavy atom. The molecule has 0 aliphatic rings. The molecule has 0 unspecified atom stereocenters. The Morgan fingerprint density at radius 3 is 2.65 bits per heavy atom. The van der Waals surface area contributed by atoms with Crippen LogP contribution in [0.2, 0.25) is 0 Å². The van der Waals surface area contributed by atoms with Gasteiger partial charge in [0.1, 0.15) is 18.0 Å². The lowest BCUT2D eigenvalue weighted by Crippen LogP contribution is -2.31. The van der Waals surface area contributed by atoms with Crippen LogP contribution in [-0.4, -0.2) is 31.1 Å². The summed E-state index contributed by atoms with van der Waals surface area (Å²) in [5.74, 6) is -1.15. The molecule has 0 heterocycles. The molecule has 0 amide bonds. The average molecular weight is 284 g/mol. The molecule has 1 aromatic carbocycles. The van der Waals surface area contributed by atoms with Crippen LogP contribution in [0.5, 0.6) is 0 Å². The molecule has 6 nitrogen and oxygen atoms in total. The van der Waals surface area contributed by atoms with Gasteiger partial charge in [0.25, 0.3) is 5.69 Å². The van der Waals surface area contributed by atoms with Crippen LogP contribution in [-0.2, 0) is 9.53 Å². The lowest BCUT2D eigenvalue weighted by molar-refractivity contribution is -0.384. The van der Waals surface area contributed by atoms with Gasteiger partial charge in [0.2, 0.25) is 0 Å². The van der Waals surface area contributed by atoms with E-state index in [-0.39, 0.29) is 23.5 Å². The second-order valence-electron chi connectivity index (χ2n) is 4.34. The topological polar surface area (TPSA) is 72.7 Å². The Balaban J connectivity index is 3.26. The second-order valence-corrected chi connectivity index (χ2v) is 4.34. The summed E-state index contributed by atoms with van der Waals surface area (Å²) < 4.78 is 18.1. The van der Waals surface area contributed by atoms with Gasteiger partial charge in [-0.25, -0.2) is 4.39 Å². The highest BCUT2D eigenvalue weighted by Crippen LogP contribution is 2.31. The van der Waals surface area contributed by atoms with E-state index in [9.17, 15) is 19.3 Å². The summed E-state index contributed by atoms with van der Waals surface area (Å²) in [7, 11) is 1.25. The van der Waals surface area contributed by atoms with Crippen LogP contribution in [0.4, 0.5) is 15.8 Å². The van der Waals surface area contributed by atoms with Gasteiger partial charge < -0.3 is 9.64 Å². The molecule has 0 saturated heterocycles. The minimum Gasteiger partial charge on any atom is -0.468 e. The van der Waals surface area contributed by atoms with E-state index in [0.717, 1.165) is 6.07 Å². The number of hydrogen-bond donors (Lipinski definition) is 0. The van der Waals surface area contributed by atoms with Crippen LogP contribution >= 0.6 is 0 Å². The number of nitro benzene ring substituents is 1. The molecule has 0 aliphatic carbocycles. The van der Waals surface area contributed by atoms with Crippen LogP contribution in [0, 0.1) is 22.9 Å². The summed E-state index contributed by atoms with van der Waals surface area (Å²) in [6.07, 6.45) is 0.685. The minimum atomic E-state index is -0.655. The van der Waals surface area contributed by atoms with Gasteiger partial charge in [-0.2, -0.15) is 0 Å². The Hall–Kier alpha value is -2.18. The van der Waals surface area contributed by atoms with Gasteiger partial charge in [-0.05, 0) is 25.0 Å². The largest absolute Gasteiger partial charge is 0.468 e. The zero-order valence-electron chi connectivity index (χ0n) is 11.7. The summed E-state index contributed by atoms with van der Waals surface area (Å²) in [6.45, 7) is 3.72. The standard InChI is InChI=1S/C13H17FN2O4/c1-4-5-15(8-13(17)20-3)11-6-9(2)10(14)7-12(11)16(18)19/h6-7H,4-5,8H2,1-3H3. The Labute approximate surface area is 116 Å². The van der Waals surface area contributed by atoms with E-state index < -0.39 is 16.7 Å². The van der Waals surface area contributed by atoms with E-state index in [1.54, 1.807) is 0 Å². The number of carbonyl (C=O) groups excluding carboxylic acids is 1. The van der Waals surface area contributed by atoms with Gasteiger partial charge in [-0.1, -0.05) is 6.92 Å². The Morgan fingerprint density at radius 2 is 2.15 bits per heavy atom. The molecule has 0 fully saturated rings. The van der Waals surface area contributed by atoms with Crippen LogP contribution in [0.15, 0.2) is 12.1 Å². The van der Waals surface area contributed by atoms with Crippen LogP contribution in [0.1, 0.15) is 18.9 Å². The van der Waals surface area contributed by atoms with Crippen molar-refractivity contribution in [2.45, 2.75) is 20.3 Å². The van der Waals surface area contributed by atoms with Crippen molar-refractivity contribution < 1.29 is 18.8 Å². The number of benzene rings is 1. The smallest absolute Gasteiger partial charge is 0.325 e. The van der Waals surface area contributed by atoms with Crippen LogP contribution < -0.4 is 4.90 Å². The van der Waals surface area contributed by atoms with Crippen molar-refractivity contribution in [3.05, 3.63) is 33.6 Å². The first-order valence-corrected chi connectivity index (χ1v) is 6.17. The van der Waals surface area contributed by atoms with Crippen molar-refractivity contribution in [1.82, 2.24) is 0 Å². The van der Waals surface area contributed by atoms with Crippen molar-refractivity contribution in [1.29, 1.82) is 0 Å². The predicted octanol–water partition coefficient (Wildman–Crippen LogP) is 2.43. The molecular formula is C13H17FN2O4. The van der Waals surface area contributed by atoms with E-state index in [4.69, 9.17) is 0 Å². The highest BCUT2D eigenvalue weighted by atomic mass is 19.1. The first-order valence-electron chi connectivity index (χ1n) is 6.17. The molecule has 0 saturated carbocycles. The number of ether oxygens (including phenoxy) is 1. The third-order valence-corrected chi connectivity index (χ3v) is 2.83. The van der Waals surface area contributed by atoms with Gasteiger partial charge in [-0.15, -0.1) is 0 Å². The molecule has 0 spiro atoms. The summed E-state index contributed by atoms with van der Waals surface area (Å²) in [5, 5.41) is 11.0. The maximum atomic E-state index is 13.5. The number of halogens is 1. The first-order chi connectivity index (χ1) is 9.40. The van der Waals surface area contributed by atoms with Gasteiger partial charge >= 0.3 is 5.97 Å². The monoisotopic (exact) mass is 284 g/mol. The predicted molar refractivity (Wildman–Crippen MR) is 72.3 cm³/mol. The van der Waals surface area contributed by atoms with E-state index in [2.05, 4.69) is 4.74 Å². The normalized spacial score (nSPS) is 10.2. The molecule has 20 heavy (non-hydrogen) atoms. The number of nitro groups is 1. The van der Waals surface area contributed by atoms with Crippen molar-refractivity contribution >= 4 is 17.3 Å². The first kappa shape index (κ1) is 15.9. The maximum absolute atomic E-state index is 13.5. The van der Waals surface area contributed by atoms with E-state index in [1.165, 1.54) is 25.0 Å². The van der Waals surface area contributed by atoms with Crippen molar-refractivity contribution in [2.24, 2.45) is 0 Å². The van der Waals surface area contributed by atoms with E-state index in [0.29, 0.717) is 13.0 Å². The molecule has 0 aromatic heterocycles. The highest BCUT2D eigenvalue weighted by molar-refractivity contribution is 5.78. The number of anilines is 1. The number of nitrogens with zero attached hydrogens (tertiary/aromatic N) is 2. The van der Waals surface area contributed by atoms with E-state index in [1.807, 2.05) is 6.92 Å². The third-order valence-electron chi connectivity index (χ3n) is 2.83. The van der Waals surface area contributed by atoms with Crippen molar-refractivity contribution in [2.75, 3.05) is 25.1 Å². The number of aryl methyl sites for hydroxylation is 1. The van der Waals surface area contributed by atoms with Crippen molar-refractivity contribution in [3.63, 3.8) is 0 Å². The Bertz CT molecular complexity index is 519. The SMILES string of the molecule is CCCN(CC(=O)OC)c1cc(C)c(F)cc1[N+](=O)[O-]. The molecule has 7 heteroatoms. The molecule has 0 bridgehead atoms. The van der Waals surface area contributed by atoms with E-state index >= 15 is 0 Å². The highest BCUT2D eigenvalue weighted by Gasteiger charge is 2.23. The zero-order chi connectivity index (χ0) is 15.3. The summed E-state index contributed by atoms with van der Waals surface area (Å²) in [4.78, 5) is 23.3. The molecule has 0 aliphatic heterocycles. The number of rotatable bonds is 6. The number of hydrogen-bond acceptors (Lipinski definition) is 5. The van der Waals surface area contributed by atoms with Crippen LogP contribution in [0.3, 0.4) is 0 Å². The molecule has 0 radical (unpaired) electrons. The molecule has 0 atom stereocenters. The fourth-order valence-electron chi connectivity index (χ4n) is 1.83. The second kappa shape index (κ2) is 6.83. The number of carbonyl (C=O) groups is 1. The van der Waals surface area contributed by atoms with Crippen LogP contribution in [0.25, 0.3) is 0 Å². The maximum Gasteiger partial charge on any atom is 0.325 e. The summed E-state index contributed by atoms with van der Waals surface area (Å²) >= 11 is 0. The zero-order valence-corrected chi connectivity index (χ0v) is 11.7. The average Bonchev–Trinajstić information content (AvgIpc) is 2.40. The van der Waals surface area contributed by atoms with Gasteiger partial charge in [-0.3, -0.25) is 14.9 Å². The fourth-order valence-corrected chi connectivity index (χ4v) is 1.83. The molecule has 0 N–H and O–H groups in total.